The monoisotopic (exact) mass is 407 g/mol. The first-order valence-corrected chi connectivity index (χ1v) is 13.7. The van der Waals surface area contributed by atoms with E-state index < -0.39 is 20.8 Å². The minimum atomic E-state index is -0.826. The molecule has 0 saturated heterocycles. The molecular formula is C19H19Cl2Zr. The van der Waals surface area contributed by atoms with Crippen molar-refractivity contribution in [1.82, 2.24) is 0 Å². The Morgan fingerprint density at radius 3 is 2.32 bits per heavy atom. The zero-order chi connectivity index (χ0) is 15.9. The van der Waals surface area contributed by atoms with Crippen LogP contribution < -0.4 is 0 Å². The number of hydrogen-bond acceptors (Lipinski definition) is 0. The molecule has 0 heterocycles. The van der Waals surface area contributed by atoms with Gasteiger partial charge >= 0.3 is 37.9 Å². The molecular weight excluding hydrogens is 390 g/mol. The van der Waals surface area contributed by atoms with E-state index in [0.29, 0.717) is 0 Å². The fourth-order valence-electron chi connectivity index (χ4n) is 2.71. The van der Waals surface area contributed by atoms with E-state index in [0.717, 1.165) is 0 Å². The summed E-state index contributed by atoms with van der Waals surface area (Å²) in [4.78, 5) is 0. The van der Waals surface area contributed by atoms with Gasteiger partial charge in [-0.3, -0.25) is 0 Å². The van der Waals surface area contributed by atoms with Crippen molar-refractivity contribution in [2.45, 2.75) is 26.7 Å². The summed E-state index contributed by atoms with van der Waals surface area (Å²) in [5.74, 6) is 0. The first-order chi connectivity index (χ1) is 10.7. The van der Waals surface area contributed by atoms with Crippen LogP contribution in [0.5, 0.6) is 0 Å². The van der Waals surface area contributed by atoms with Crippen molar-refractivity contribution in [2.75, 3.05) is 0 Å². The van der Waals surface area contributed by atoms with Gasteiger partial charge in [0.05, 0.1) is 0 Å². The van der Waals surface area contributed by atoms with E-state index >= 15 is 0 Å². The Hall–Kier alpha value is -0.357. The molecule has 0 aromatic heterocycles. The summed E-state index contributed by atoms with van der Waals surface area (Å²) >= 11 is -0.826. The fourth-order valence-corrected chi connectivity index (χ4v) is 2.71. The van der Waals surface area contributed by atoms with Crippen molar-refractivity contribution in [1.29, 1.82) is 0 Å². The number of hydrogen-bond donors (Lipinski definition) is 0. The Bertz CT molecular complexity index is 645. The number of rotatable bonds is 3. The fraction of sp³-hybridized carbons (Fsp3) is 0.211. The minimum absolute atomic E-state index is 0.826. The molecule has 1 aliphatic rings. The van der Waals surface area contributed by atoms with Gasteiger partial charge in [0.1, 0.15) is 0 Å². The first kappa shape index (κ1) is 18.0. The van der Waals surface area contributed by atoms with E-state index in [1.807, 2.05) is 0 Å². The second-order valence-electron chi connectivity index (χ2n) is 5.36. The van der Waals surface area contributed by atoms with Crippen LogP contribution in [0.15, 0.2) is 48.0 Å². The van der Waals surface area contributed by atoms with Gasteiger partial charge in [-0.2, -0.15) is 0 Å². The van der Waals surface area contributed by atoms with Crippen molar-refractivity contribution >= 4 is 23.1 Å². The van der Waals surface area contributed by atoms with Crippen LogP contribution in [0.2, 0.25) is 0 Å². The molecule has 0 aliphatic heterocycles. The van der Waals surface area contributed by atoms with Crippen LogP contribution in [0.4, 0.5) is 0 Å². The summed E-state index contributed by atoms with van der Waals surface area (Å²) in [6.45, 7) is 4.37. The predicted molar refractivity (Wildman–Crippen MR) is 94.6 cm³/mol. The molecule has 2 aromatic rings. The molecule has 1 radical (unpaired) electrons. The maximum atomic E-state index is 4.93. The summed E-state index contributed by atoms with van der Waals surface area (Å²) in [5, 5.41) is 0. The van der Waals surface area contributed by atoms with Crippen molar-refractivity contribution < 1.29 is 20.8 Å². The first-order valence-electron chi connectivity index (χ1n) is 7.41. The van der Waals surface area contributed by atoms with E-state index in [9.17, 15) is 0 Å². The number of benzene rings is 2. The molecule has 0 fully saturated rings. The molecule has 0 N–H and O–H groups in total. The van der Waals surface area contributed by atoms with Gasteiger partial charge in [0.2, 0.25) is 0 Å². The molecule has 2 aromatic carbocycles. The van der Waals surface area contributed by atoms with Crippen LogP contribution in [0.3, 0.4) is 0 Å². The molecule has 0 saturated carbocycles. The zero-order valence-electron chi connectivity index (χ0n) is 12.9. The third-order valence-electron chi connectivity index (χ3n) is 3.71. The van der Waals surface area contributed by atoms with Gasteiger partial charge in [0.25, 0.3) is 0 Å². The van der Waals surface area contributed by atoms with Gasteiger partial charge < -0.3 is 0 Å². The second kappa shape index (κ2) is 9.06. The summed E-state index contributed by atoms with van der Waals surface area (Å²) in [5.41, 5.74) is 8.17. The average molecular weight is 409 g/mol. The summed E-state index contributed by atoms with van der Waals surface area (Å²) in [7, 11) is 9.87. The van der Waals surface area contributed by atoms with Gasteiger partial charge in [-0.25, -0.2) is 0 Å². The molecule has 3 heteroatoms. The van der Waals surface area contributed by atoms with Crippen molar-refractivity contribution in [3.8, 4) is 11.1 Å². The molecule has 0 spiro atoms. The molecule has 113 valence electrons. The van der Waals surface area contributed by atoms with E-state index in [4.69, 9.17) is 17.0 Å². The van der Waals surface area contributed by atoms with Crippen LogP contribution in [0.25, 0.3) is 17.2 Å². The van der Waals surface area contributed by atoms with Gasteiger partial charge in [-0.15, -0.1) is 0 Å². The Balaban J connectivity index is 0.000000545. The molecule has 1 aliphatic carbocycles. The van der Waals surface area contributed by atoms with Gasteiger partial charge in [-0.1, -0.05) is 73.0 Å². The SMILES string of the molecule is CCCC1=Cc2c(cccc2-c2ccc(C)cc2)[CH]1.[Cl][Zr][Cl]. The predicted octanol–water partition coefficient (Wildman–Crippen LogP) is 6.79. The zero-order valence-corrected chi connectivity index (χ0v) is 16.8. The van der Waals surface area contributed by atoms with E-state index in [1.54, 1.807) is 0 Å². The van der Waals surface area contributed by atoms with E-state index in [2.05, 4.69) is 68.8 Å². The average Bonchev–Trinajstić information content (AvgIpc) is 2.92. The van der Waals surface area contributed by atoms with E-state index in [1.165, 1.54) is 46.2 Å². The molecule has 0 amide bonds. The van der Waals surface area contributed by atoms with Crippen molar-refractivity contribution in [3.63, 3.8) is 0 Å². The molecule has 0 unspecified atom stereocenters. The molecule has 0 atom stereocenters. The molecule has 22 heavy (non-hydrogen) atoms. The summed E-state index contributed by atoms with van der Waals surface area (Å²) < 4.78 is 0. The number of aryl methyl sites for hydroxylation is 1. The topological polar surface area (TPSA) is 0 Å². The number of allylic oxidation sites excluding steroid dienone is 1. The molecule has 0 nitrogen and oxygen atoms in total. The van der Waals surface area contributed by atoms with Gasteiger partial charge in [-0.05, 0) is 35.6 Å². The maximum absolute atomic E-state index is 4.93. The quantitative estimate of drug-likeness (QED) is 0.524. The number of halogens is 2. The van der Waals surface area contributed by atoms with Crippen LogP contribution in [-0.2, 0) is 20.8 Å². The van der Waals surface area contributed by atoms with Crippen molar-refractivity contribution in [2.24, 2.45) is 0 Å². The normalized spacial score (nSPS) is 12.1. The summed E-state index contributed by atoms with van der Waals surface area (Å²) in [6, 6.07) is 15.4. The van der Waals surface area contributed by atoms with Crippen LogP contribution in [-0.4, -0.2) is 0 Å². The molecule has 3 rings (SSSR count). The van der Waals surface area contributed by atoms with Crippen LogP contribution >= 0.6 is 17.0 Å². The number of fused-ring (bicyclic) bond motifs is 1. The Kier molecular flexibility index (Phi) is 7.41. The van der Waals surface area contributed by atoms with Crippen LogP contribution in [0.1, 0.15) is 36.5 Å². The Morgan fingerprint density at radius 2 is 1.68 bits per heavy atom. The van der Waals surface area contributed by atoms with Gasteiger partial charge in [0.15, 0.2) is 0 Å². The third kappa shape index (κ3) is 4.57. The van der Waals surface area contributed by atoms with Crippen molar-refractivity contribution in [3.05, 3.63) is 71.1 Å². The summed E-state index contributed by atoms with van der Waals surface area (Å²) in [6.07, 6.45) is 7.06. The Morgan fingerprint density at radius 1 is 1.00 bits per heavy atom. The second-order valence-corrected chi connectivity index (χ2v) is 9.09. The third-order valence-corrected chi connectivity index (χ3v) is 3.71. The van der Waals surface area contributed by atoms with Gasteiger partial charge in [0, 0.05) is 6.42 Å². The van der Waals surface area contributed by atoms with Crippen LogP contribution in [0, 0.1) is 13.3 Å². The standard InChI is InChI=1S/C19H19.2ClH.Zr/c1-3-5-15-12-17-6-4-7-18(19(17)13-15)16-10-8-14(2)9-11-16;;;/h4,6-13H,3,5H2,1-2H3;2*1H;/q;;;+2/p-2. The Labute approximate surface area is 152 Å². The van der Waals surface area contributed by atoms with E-state index in [-0.39, 0.29) is 0 Å². The molecule has 0 bridgehead atoms.